The lowest BCUT2D eigenvalue weighted by molar-refractivity contribution is 0.0953. The summed E-state index contributed by atoms with van der Waals surface area (Å²) in [4.78, 5) is 16.4. The molecule has 0 radical (unpaired) electrons. The zero-order valence-corrected chi connectivity index (χ0v) is 10.4. The maximum absolute atomic E-state index is 11.9. The van der Waals surface area contributed by atoms with Gasteiger partial charge in [0.15, 0.2) is 5.13 Å². The van der Waals surface area contributed by atoms with Crippen molar-refractivity contribution in [2.24, 2.45) is 7.05 Å². The fourth-order valence-electron chi connectivity index (χ4n) is 1.45. The van der Waals surface area contributed by atoms with Crippen LogP contribution in [0.25, 0.3) is 0 Å². The number of nitrogen functional groups attached to an aromatic ring is 1. The predicted octanol–water partition coefficient (Wildman–Crippen LogP) is 0.697. The van der Waals surface area contributed by atoms with Gasteiger partial charge < -0.3 is 11.1 Å². The third kappa shape index (κ3) is 2.44. The molecule has 2 aromatic heterocycles. The van der Waals surface area contributed by atoms with Crippen molar-refractivity contribution in [3.8, 4) is 0 Å². The van der Waals surface area contributed by atoms with E-state index in [-0.39, 0.29) is 5.91 Å². The molecule has 0 saturated heterocycles. The van der Waals surface area contributed by atoms with Crippen LogP contribution in [0.2, 0.25) is 0 Å². The van der Waals surface area contributed by atoms with Gasteiger partial charge in [0.1, 0.15) is 4.88 Å². The zero-order chi connectivity index (χ0) is 12.4. The summed E-state index contributed by atoms with van der Waals surface area (Å²) in [6.45, 7) is 2.21. The lowest BCUT2D eigenvalue weighted by Crippen LogP contribution is -2.23. The van der Waals surface area contributed by atoms with Gasteiger partial charge in [-0.05, 0) is 13.0 Å². The molecule has 0 fully saturated rings. The smallest absolute Gasteiger partial charge is 0.263 e. The fourth-order valence-corrected chi connectivity index (χ4v) is 2.20. The molecule has 0 aliphatic carbocycles. The molecule has 2 heterocycles. The normalized spacial score (nSPS) is 10.5. The topological polar surface area (TPSA) is 85.8 Å². The number of carbonyl (C=O) groups excluding carboxylic acids is 1. The molecule has 1 amide bonds. The number of amides is 1. The number of rotatable bonds is 3. The number of aromatic nitrogens is 3. The van der Waals surface area contributed by atoms with Gasteiger partial charge in [0.05, 0.1) is 17.9 Å². The Kier molecular flexibility index (Phi) is 3.10. The molecule has 2 rings (SSSR count). The van der Waals surface area contributed by atoms with Crippen LogP contribution in [0.3, 0.4) is 0 Å². The summed E-state index contributed by atoms with van der Waals surface area (Å²) < 4.78 is 1.72. The first-order valence-electron chi connectivity index (χ1n) is 5.06. The summed E-state index contributed by atoms with van der Waals surface area (Å²) >= 11 is 1.20. The van der Waals surface area contributed by atoms with Crippen LogP contribution in [0.15, 0.2) is 12.3 Å². The first-order chi connectivity index (χ1) is 8.08. The molecule has 90 valence electrons. The Morgan fingerprint density at radius 3 is 2.94 bits per heavy atom. The molecule has 7 heteroatoms. The third-order valence-electron chi connectivity index (χ3n) is 2.37. The average molecular weight is 251 g/mol. The number of nitrogens with zero attached hydrogens (tertiary/aromatic N) is 3. The van der Waals surface area contributed by atoms with Crippen molar-refractivity contribution in [2.75, 3.05) is 5.73 Å². The van der Waals surface area contributed by atoms with Gasteiger partial charge >= 0.3 is 0 Å². The number of thiazole rings is 1. The second kappa shape index (κ2) is 4.54. The van der Waals surface area contributed by atoms with Gasteiger partial charge in [-0.1, -0.05) is 11.3 Å². The minimum absolute atomic E-state index is 0.155. The number of aryl methyl sites for hydroxylation is 2. The van der Waals surface area contributed by atoms with E-state index in [1.165, 1.54) is 11.3 Å². The number of nitrogens with two attached hydrogens (primary N) is 1. The number of anilines is 1. The summed E-state index contributed by atoms with van der Waals surface area (Å²) in [5.41, 5.74) is 7.15. The lowest BCUT2D eigenvalue weighted by Gasteiger charge is -2.04. The van der Waals surface area contributed by atoms with Gasteiger partial charge in [-0.15, -0.1) is 0 Å². The Bertz CT molecular complexity index is 545. The molecule has 0 saturated carbocycles. The van der Waals surface area contributed by atoms with Gasteiger partial charge in [-0.3, -0.25) is 9.48 Å². The maximum atomic E-state index is 11.9. The molecule has 3 N–H and O–H groups in total. The van der Waals surface area contributed by atoms with Crippen molar-refractivity contribution in [3.63, 3.8) is 0 Å². The van der Waals surface area contributed by atoms with E-state index in [1.54, 1.807) is 17.8 Å². The molecule has 0 aliphatic rings. The van der Waals surface area contributed by atoms with Crippen LogP contribution in [0.1, 0.15) is 21.1 Å². The number of nitrogens with one attached hydrogen (secondary N) is 1. The third-order valence-corrected chi connectivity index (χ3v) is 3.36. The van der Waals surface area contributed by atoms with Crippen molar-refractivity contribution < 1.29 is 4.79 Å². The molecular weight excluding hydrogens is 238 g/mol. The van der Waals surface area contributed by atoms with Crippen LogP contribution >= 0.6 is 11.3 Å². The van der Waals surface area contributed by atoms with Crippen LogP contribution in [0, 0.1) is 6.92 Å². The maximum Gasteiger partial charge on any atom is 0.263 e. The monoisotopic (exact) mass is 251 g/mol. The Hall–Kier alpha value is -1.89. The summed E-state index contributed by atoms with van der Waals surface area (Å²) in [7, 11) is 1.83. The van der Waals surface area contributed by atoms with Crippen molar-refractivity contribution in [1.29, 1.82) is 0 Å². The highest BCUT2D eigenvalue weighted by Crippen LogP contribution is 2.19. The lowest BCUT2D eigenvalue weighted by atomic mass is 10.3. The van der Waals surface area contributed by atoms with E-state index < -0.39 is 0 Å². The summed E-state index contributed by atoms with van der Waals surface area (Å²) in [5.74, 6) is -0.155. The largest absolute Gasteiger partial charge is 0.375 e. The van der Waals surface area contributed by atoms with Crippen molar-refractivity contribution >= 4 is 22.4 Å². The highest BCUT2D eigenvalue weighted by atomic mass is 32.1. The summed E-state index contributed by atoms with van der Waals surface area (Å²) in [6.07, 6.45) is 1.69. The van der Waals surface area contributed by atoms with Crippen molar-refractivity contribution in [3.05, 3.63) is 28.5 Å². The van der Waals surface area contributed by atoms with E-state index in [0.29, 0.717) is 22.2 Å². The SMILES string of the molecule is Cc1nc(N)sc1C(=O)NCc1ccnn1C. The van der Waals surface area contributed by atoms with Crippen LogP contribution < -0.4 is 11.1 Å². The Labute approximate surface area is 102 Å². The van der Waals surface area contributed by atoms with Crippen molar-refractivity contribution in [1.82, 2.24) is 20.1 Å². The summed E-state index contributed by atoms with van der Waals surface area (Å²) in [5, 5.41) is 7.25. The van der Waals surface area contributed by atoms with Gasteiger partial charge in [0, 0.05) is 13.2 Å². The minimum atomic E-state index is -0.155. The minimum Gasteiger partial charge on any atom is -0.375 e. The molecule has 6 nitrogen and oxygen atoms in total. The zero-order valence-electron chi connectivity index (χ0n) is 9.60. The fraction of sp³-hybridized carbons (Fsp3) is 0.300. The number of hydrogen-bond donors (Lipinski definition) is 2. The molecule has 0 aromatic carbocycles. The molecule has 0 aliphatic heterocycles. The second-order valence-corrected chi connectivity index (χ2v) is 4.63. The van der Waals surface area contributed by atoms with Crippen LogP contribution in [0.5, 0.6) is 0 Å². The van der Waals surface area contributed by atoms with Crippen LogP contribution in [0.4, 0.5) is 5.13 Å². The van der Waals surface area contributed by atoms with Crippen LogP contribution in [-0.4, -0.2) is 20.7 Å². The number of carbonyl (C=O) groups is 1. The van der Waals surface area contributed by atoms with Crippen LogP contribution in [-0.2, 0) is 13.6 Å². The predicted molar refractivity (Wildman–Crippen MR) is 65.6 cm³/mol. The molecule has 17 heavy (non-hydrogen) atoms. The molecular formula is C10H13N5OS. The average Bonchev–Trinajstić information content (AvgIpc) is 2.81. The quantitative estimate of drug-likeness (QED) is 0.840. The Morgan fingerprint density at radius 1 is 1.65 bits per heavy atom. The van der Waals surface area contributed by atoms with E-state index in [0.717, 1.165) is 5.69 Å². The highest BCUT2D eigenvalue weighted by molar-refractivity contribution is 7.17. The Morgan fingerprint density at radius 2 is 2.41 bits per heavy atom. The summed E-state index contributed by atoms with van der Waals surface area (Å²) in [6, 6.07) is 1.86. The first kappa shape index (κ1) is 11.6. The standard InChI is InChI=1S/C10H13N5OS/c1-6-8(17-10(11)14-6)9(16)12-5-7-3-4-13-15(7)2/h3-4H,5H2,1-2H3,(H2,11,14)(H,12,16). The first-order valence-corrected chi connectivity index (χ1v) is 5.87. The molecule has 0 spiro atoms. The van der Waals surface area contributed by atoms with E-state index in [1.807, 2.05) is 13.1 Å². The van der Waals surface area contributed by atoms with E-state index in [2.05, 4.69) is 15.4 Å². The van der Waals surface area contributed by atoms with Gasteiger partial charge in [0.2, 0.25) is 0 Å². The number of hydrogen-bond acceptors (Lipinski definition) is 5. The van der Waals surface area contributed by atoms with E-state index in [9.17, 15) is 4.79 Å². The van der Waals surface area contributed by atoms with Gasteiger partial charge in [-0.25, -0.2) is 4.98 Å². The molecule has 0 bridgehead atoms. The van der Waals surface area contributed by atoms with Crippen molar-refractivity contribution in [2.45, 2.75) is 13.5 Å². The second-order valence-electron chi connectivity index (χ2n) is 3.60. The Balaban J connectivity index is 2.03. The van der Waals surface area contributed by atoms with E-state index >= 15 is 0 Å². The molecule has 2 aromatic rings. The molecule has 0 atom stereocenters. The highest BCUT2D eigenvalue weighted by Gasteiger charge is 2.14. The van der Waals surface area contributed by atoms with Gasteiger partial charge in [-0.2, -0.15) is 5.10 Å². The molecule has 0 unspecified atom stereocenters. The van der Waals surface area contributed by atoms with E-state index in [4.69, 9.17) is 5.73 Å². The van der Waals surface area contributed by atoms with Gasteiger partial charge in [0.25, 0.3) is 5.91 Å².